The second-order valence-corrected chi connectivity index (χ2v) is 5.90. The van der Waals surface area contributed by atoms with Crippen molar-refractivity contribution in [1.29, 1.82) is 0 Å². The average molecular weight is 228 g/mol. The molecular weight excluding hydrogens is 214 g/mol. The Labute approximate surface area is 84.0 Å². The summed E-state index contributed by atoms with van der Waals surface area (Å²) >= 11 is 0. The second kappa shape index (κ2) is 3.73. The molecule has 2 atom stereocenters. The van der Waals surface area contributed by atoms with Crippen LogP contribution in [0.4, 0.5) is 0 Å². The van der Waals surface area contributed by atoms with Crippen molar-refractivity contribution in [3.8, 4) is 0 Å². The highest BCUT2D eigenvalue weighted by atomic mass is 35.5. The Balaban J connectivity index is 0.000000845. The number of nitrogens with one attached hydrogen (secondary N) is 1. The van der Waals surface area contributed by atoms with E-state index in [1.807, 2.05) is 0 Å². The molecule has 2 N–H and O–H groups in total. The van der Waals surface area contributed by atoms with E-state index in [-0.39, 0.29) is 35.7 Å². The Morgan fingerprint density at radius 3 is 2.08 bits per heavy atom. The van der Waals surface area contributed by atoms with Gasteiger partial charge in [0.1, 0.15) is 0 Å². The number of piperidine rings is 1. The fraction of sp³-hybridized carbons (Fsp3) is 1.00. The lowest BCUT2D eigenvalue weighted by Crippen LogP contribution is -2.55. The van der Waals surface area contributed by atoms with Crippen molar-refractivity contribution in [3.63, 3.8) is 0 Å². The van der Waals surface area contributed by atoms with E-state index >= 15 is 0 Å². The molecule has 13 heavy (non-hydrogen) atoms. The molecule has 6 heteroatoms. The zero-order valence-electron chi connectivity index (χ0n) is 7.14. The van der Waals surface area contributed by atoms with Crippen LogP contribution in [0.5, 0.6) is 0 Å². The molecule has 78 valence electrons. The van der Waals surface area contributed by atoms with Gasteiger partial charge < -0.3 is 10.4 Å². The SMILES string of the molecule is Cl.O=S1(=O)CC2CNCC(C1)C2O. The van der Waals surface area contributed by atoms with Gasteiger partial charge in [-0.3, -0.25) is 0 Å². The predicted molar refractivity (Wildman–Crippen MR) is 51.8 cm³/mol. The maximum absolute atomic E-state index is 11.3. The zero-order valence-corrected chi connectivity index (χ0v) is 8.77. The maximum Gasteiger partial charge on any atom is 0.151 e. The fourth-order valence-electron chi connectivity index (χ4n) is 2.12. The van der Waals surface area contributed by atoms with Crippen LogP contribution in [0.2, 0.25) is 0 Å². The quantitative estimate of drug-likeness (QED) is 0.559. The maximum atomic E-state index is 11.3. The molecule has 0 spiro atoms. The first kappa shape index (κ1) is 11.2. The van der Waals surface area contributed by atoms with E-state index in [4.69, 9.17) is 0 Å². The summed E-state index contributed by atoms with van der Waals surface area (Å²) in [6, 6.07) is 0. The Morgan fingerprint density at radius 1 is 1.15 bits per heavy atom. The molecule has 2 rings (SSSR count). The van der Waals surface area contributed by atoms with Crippen LogP contribution in [0, 0.1) is 11.8 Å². The van der Waals surface area contributed by atoms with E-state index in [2.05, 4.69) is 5.32 Å². The van der Waals surface area contributed by atoms with Gasteiger partial charge >= 0.3 is 0 Å². The second-order valence-electron chi connectivity index (χ2n) is 3.75. The molecule has 2 aliphatic heterocycles. The summed E-state index contributed by atoms with van der Waals surface area (Å²) in [4.78, 5) is 0. The summed E-state index contributed by atoms with van der Waals surface area (Å²) in [5.74, 6) is 0.139. The Hall–Kier alpha value is 0.160. The van der Waals surface area contributed by atoms with E-state index in [0.717, 1.165) is 0 Å². The molecule has 0 amide bonds. The molecule has 0 aromatic heterocycles. The summed E-state index contributed by atoms with van der Waals surface area (Å²) in [5.41, 5.74) is 0. The summed E-state index contributed by atoms with van der Waals surface area (Å²) in [6.45, 7) is 1.27. The minimum absolute atomic E-state index is 0. The third-order valence-corrected chi connectivity index (χ3v) is 4.59. The summed E-state index contributed by atoms with van der Waals surface area (Å²) < 4.78 is 22.5. The fourth-order valence-corrected chi connectivity index (χ4v) is 4.19. The van der Waals surface area contributed by atoms with E-state index in [0.29, 0.717) is 13.1 Å². The highest BCUT2D eigenvalue weighted by Gasteiger charge is 2.41. The first-order valence-electron chi connectivity index (χ1n) is 4.18. The van der Waals surface area contributed by atoms with Crippen molar-refractivity contribution in [3.05, 3.63) is 0 Å². The Morgan fingerprint density at radius 2 is 1.62 bits per heavy atom. The van der Waals surface area contributed by atoms with Crippen molar-refractivity contribution in [2.24, 2.45) is 11.8 Å². The molecule has 0 radical (unpaired) electrons. The number of sulfone groups is 1. The molecule has 2 aliphatic rings. The van der Waals surface area contributed by atoms with Crippen LogP contribution < -0.4 is 5.32 Å². The van der Waals surface area contributed by atoms with Crippen LogP contribution in [0.25, 0.3) is 0 Å². The molecule has 0 saturated carbocycles. The van der Waals surface area contributed by atoms with Gasteiger partial charge in [0, 0.05) is 24.9 Å². The van der Waals surface area contributed by atoms with Crippen molar-refractivity contribution in [2.75, 3.05) is 24.6 Å². The largest absolute Gasteiger partial charge is 0.392 e. The highest BCUT2D eigenvalue weighted by Crippen LogP contribution is 2.26. The number of fused-ring (bicyclic) bond motifs is 2. The minimum Gasteiger partial charge on any atom is -0.392 e. The van der Waals surface area contributed by atoms with Crippen molar-refractivity contribution in [2.45, 2.75) is 6.10 Å². The summed E-state index contributed by atoms with van der Waals surface area (Å²) in [7, 11) is -2.87. The minimum atomic E-state index is -2.87. The lowest BCUT2D eigenvalue weighted by atomic mass is 9.89. The first-order chi connectivity index (χ1) is 5.58. The van der Waals surface area contributed by atoms with Crippen LogP contribution in [0.15, 0.2) is 0 Å². The van der Waals surface area contributed by atoms with Crippen LogP contribution in [0.1, 0.15) is 0 Å². The molecule has 4 nitrogen and oxygen atoms in total. The molecule has 2 bridgehead atoms. The van der Waals surface area contributed by atoms with Crippen molar-refractivity contribution < 1.29 is 13.5 Å². The van der Waals surface area contributed by atoms with Gasteiger partial charge in [-0.25, -0.2) is 8.42 Å². The predicted octanol–water partition coefficient (Wildman–Crippen LogP) is -0.967. The normalized spacial score (nSPS) is 42.1. The molecule has 2 saturated heterocycles. The lowest BCUT2D eigenvalue weighted by Gasteiger charge is -2.39. The van der Waals surface area contributed by atoms with Gasteiger partial charge in [-0.15, -0.1) is 12.4 Å². The summed E-state index contributed by atoms with van der Waals surface area (Å²) in [6.07, 6.45) is -0.408. The smallest absolute Gasteiger partial charge is 0.151 e. The topological polar surface area (TPSA) is 66.4 Å². The van der Waals surface area contributed by atoms with Crippen LogP contribution in [-0.4, -0.2) is 44.2 Å². The molecule has 2 unspecified atom stereocenters. The van der Waals surface area contributed by atoms with Crippen molar-refractivity contribution >= 4 is 22.2 Å². The standard InChI is InChI=1S/C7H13NO3S.ClH/c9-7-5-1-8-2-6(7)4-12(10,11)3-5;/h5-9H,1-4H2;1H. The Bertz CT molecular complexity index is 259. The van der Waals surface area contributed by atoms with Gasteiger partial charge in [0.2, 0.25) is 0 Å². The number of halogens is 1. The van der Waals surface area contributed by atoms with Gasteiger partial charge in [0.15, 0.2) is 9.84 Å². The molecular formula is C7H14ClNO3S. The number of hydrogen-bond acceptors (Lipinski definition) is 4. The molecule has 2 heterocycles. The summed E-state index contributed by atoms with van der Waals surface area (Å²) in [5, 5.41) is 12.7. The van der Waals surface area contributed by atoms with E-state index < -0.39 is 15.9 Å². The number of aliphatic hydroxyl groups is 1. The van der Waals surface area contributed by atoms with E-state index in [1.54, 1.807) is 0 Å². The lowest BCUT2D eigenvalue weighted by molar-refractivity contribution is 0.0400. The van der Waals surface area contributed by atoms with Gasteiger partial charge in [-0.1, -0.05) is 0 Å². The van der Waals surface area contributed by atoms with Gasteiger partial charge in [-0.2, -0.15) is 0 Å². The number of hydrogen-bond donors (Lipinski definition) is 2. The first-order valence-corrected chi connectivity index (χ1v) is 6.00. The van der Waals surface area contributed by atoms with Crippen LogP contribution in [-0.2, 0) is 9.84 Å². The number of rotatable bonds is 0. The average Bonchev–Trinajstić information content (AvgIpc) is 1.92. The number of aliphatic hydroxyl groups excluding tert-OH is 1. The van der Waals surface area contributed by atoms with E-state index in [9.17, 15) is 13.5 Å². The van der Waals surface area contributed by atoms with Crippen molar-refractivity contribution in [1.82, 2.24) is 5.32 Å². The molecule has 0 aromatic carbocycles. The Kier molecular flexibility index (Phi) is 3.22. The third-order valence-electron chi connectivity index (χ3n) is 2.72. The monoisotopic (exact) mass is 227 g/mol. The van der Waals surface area contributed by atoms with Gasteiger partial charge in [0.25, 0.3) is 0 Å². The van der Waals surface area contributed by atoms with Gasteiger partial charge in [0.05, 0.1) is 17.6 Å². The molecule has 0 aliphatic carbocycles. The van der Waals surface area contributed by atoms with Gasteiger partial charge in [-0.05, 0) is 0 Å². The third kappa shape index (κ3) is 2.15. The van der Waals surface area contributed by atoms with Crippen LogP contribution in [0.3, 0.4) is 0 Å². The van der Waals surface area contributed by atoms with E-state index in [1.165, 1.54) is 0 Å². The zero-order chi connectivity index (χ0) is 8.77. The van der Waals surface area contributed by atoms with Crippen LogP contribution >= 0.6 is 12.4 Å². The molecule has 2 fully saturated rings. The molecule has 0 aromatic rings. The highest BCUT2D eigenvalue weighted by molar-refractivity contribution is 7.91.